The number of hydrogen-bond acceptors (Lipinski definition) is 8. The molecule has 1 fully saturated rings. The summed E-state index contributed by atoms with van der Waals surface area (Å²) < 4.78 is 26.6. The molecular weight excluding hydrogens is 470 g/mol. The van der Waals surface area contributed by atoms with Gasteiger partial charge in [-0.2, -0.15) is 5.10 Å². The van der Waals surface area contributed by atoms with Gasteiger partial charge in [0, 0.05) is 21.9 Å². The normalized spacial score (nSPS) is 17.7. The quantitative estimate of drug-likeness (QED) is 0.461. The Morgan fingerprint density at radius 3 is 2.91 bits per heavy atom. The molecule has 5 rings (SSSR count). The number of rotatable bonds is 5. The second-order valence-electron chi connectivity index (χ2n) is 7.71. The number of carbonyl (C=O) groups excluding carboxylic acids is 1. The lowest BCUT2D eigenvalue weighted by molar-refractivity contribution is -0.116. The van der Waals surface area contributed by atoms with E-state index >= 15 is 0 Å². The first-order chi connectivity index (χ1) is 15.3. The maximum Gasteiger partial charge on any atom is 0.263 e. The standard InChI is InChI=1S/C20H19N5O4S3/c1-12-7-16(25(23-12)13-4-6-32(28,29)10-13)22-17(26)8-24-11-21-19-18(20(24)27)14(9-31-19)15-3-2-5-30-15/h2-3,5,7,9,11,13H,4,6,8,10H2,1H3,(H,22,26). The molecule has 5 heterocycles. The van der Waals surface area contributed by atoms with Crippen molar-refractivity contribution in [3.8, 4) is 10.4 Å². The van der Waals surface area contributed by atoms with Gasteiger partial charge in [0.2, 0.25) is 5.91 Å². The van der Waals surface area contributed by atoms with E-state index < -0.39 is 15.7 Å². The fourth-order valence-electron chi connectivity index (χ4n) is 3.89. The van der Waals surface area contributed by atoms with Gasteiger partial charge in [-0.25, -0.2) is 18.1 Å². The second kappa shape index (κ2) is 7.94. The Morgan fingerprint density at radius 1 is 1.34 bits per heavy atom. The zero-order valence-electron chi connectivity index (χ0n) is 17.0. The van der Waals surface area contributed by atoms with Crippen LogP contribution in [0.4, 0.5) is 5.82 Å². The summed E-state index contributed by atoms with van der Waals surface area (Å²) in [7, 11) is -3.10. The zero-order valence-corrected chi connectivity index (χ0v) is 19.5. The fourth-order valence-corrected chi connectivity index (χ4v) is 7.30. The van der Waals surface area contributed by atoms with E-state index in [0.29, 0.717) is 28.1 Å². The minimum Gasteiger partial charge on any atom is -0.309 e. The first-order valence-electron chi connectivity index (χ1n) is 9.88. The highest BCUT2D eigenvalue weighted by Crippen LogP contribution is 2.33. The number of fused-ring (bicyclic) bond motifs is 1. The largest absolute Gasteiger partial charge is 0.309 e. The topological polar surface area (TPSA) is 116 Å². The molecule has 0 bridgehead atoms. The Hall–Kier alpha value is -2.83. The number of nitrogens with one attached hydrogen (secondary N) is 1. The van der Waals surface area contributed by atoms with Crippen LogP contribution in [-0.2, 0) is 21.2 Å². The van der Waals surface area contributed by atoms with Gasteiger partial charge in [-0.3, -0.25) is 14.2 Å². The van der Waals surface area contributed by atoms with Crippen LogP contribution in [0.2, 0.25) is 0 Å². The molecule has 166 valence electrons. The first kappa shape index (κ1) is 21.0. The van der Waals surface area contributed by atoms with Gasteiger partial charge in [0.25, 0.3) is 5.56 Å². The van der Waals surface area contributed by atoms with Crippen LogP contribution in [0.5, 0.6) is 0 Å². The predicted molar refractivity (Wildman–Crippen MR) is 125 cm³/mol. The Kier molecular flexibility index (Phi) is 5.22. The third-order valence-corrected chi connectivity index (χ3v) is 8.88. The van der Waals surface area contributed by atoms with Crippen molar-refractivity contribution in [2.45, 2.75) is 25.9 Å². The molecule has 12 heteroatoms. The van der Waals surface area contributed by atoms with Crippen molar-refractivity contribution >= 4 is 54.5 Å². The molecular formula is C20H19N5O4S3. The smallest absolute Gasteiger partial charge is 0.263 e. The average Bonchev–Trinajstić information content (AvgIpc) is 3.50. The molecule has 1 aliphatic heterocycles. The highest BCUT2D eigenvalue weighted by atomic mass is 32.2. The molecule has 0 aliphatic carbocycles. The number of hydrogen-bond donors (Lipinski definition) is 1. The fraction of sp³-hybridized carbons (Fsp3) is 0.300. The van der Waals surface area contributed by atoms with Crippen molar-refractivity contribution in [1.29, 1.82) is 0 Å². The minimum absolute atomic E-state index is 0.000684. The molecule has 0 radical (unpaired) electrons. The van der Waals surface area contributed by atoms with E-state index in [1.807, 2.05) is 22.9 Å². The lowest BCUT2D eigenvalue weighted by atomic mass is 10.2. The minimum atomic E-state index is -3.10. The van der Waals surface area contributed by atoms with Crippen LogP contribution in [0.25, 0.3) is 20.7 Å². The summed E-state index contributed by atoms with van der Waals surface area (Å²) in [5.74, 6) is 0.119. The molecule has 1 N–H and O–H groups in total. The van der Waals surface area contributed by atoms with E-state index in [4.69, 9.17) is 0 Å². The van der Waals surface area contributed by atoms with Gasteiger partial charge >= 0.3 is 0 Å². The number of anilines is 1. The number of sulfone groups is 1. The number of thiophene rings is 2. The van der Waals surface area contributed by atoms with Gasteiger partial charge < -0.3 is 5.32 Å². The van der Waals surface area contributed by atoms with Crippen LogP contribution in [0.15, 0.2) is 40.1 Å². The molecule has 1 unspecified atom stereocenters. The number of carbonyl (C=O) groups is 1. The van der Waals surface area contributed by atoms with Crippen molar-refractivity contribution in [3.63, 3.8) is 0 Å². The summed E-state index contributed by atoms with van der Waals surface area (Å²) in [5.41, 5.74) is 1.22. The third-order valence-electron chi connectivity index (χ3n) is 5.34. The molecule has 1 saturated heterocycles. The lowest BCUT2D eigenvalue weighted by Gasteiger charge is -2.14. The Bertz CT molecular complexity index is 1480. The molecule has 4 aromatic rings. The zero-order chi connectivity index (χ0) is 22.5. The maximum atomic E-state index is 13.1. The number of aryl methyl sites for hydroxylation is 1. The van der Waals surface area contributed by atoms with E-state index in [9.17, 15) is 18.0 Å². The van der Waals surface area contributed by atoms with E-state index in [-0.39, 0.29) is 29.7 Å². The van der Waals surface area contributed by atoms with Crippen LogP contribution in [0.3, 0.4) is 0 Å². The molecule has 9 nitrogen and oxygen atoms in total. The van der Waals surface area contributed by atoms with E-state index in [0.717, 1.165) is 10.4 Å². The van der Waals surface area contributed by atoms with Crippen LogP contribution in [0.1, 0.15) is 18.2 Å². The predicted octanol–water partition coefficient (Wildman–Crippen LogP) is 2.69. The van der Waals surface area contributed by atoms with Crippen molar-refractivity contribution in [3.05, 3.63) is 51.3 Å². The second-order valence-corrected chi connectivity index (χ2v) is 11.7. The van der Waals surface area contributed by atoms with Gasteiger partial charge in [-0.05, 0) is 24.8 Å². The third kappa shape index (κ3) is 3.89. The van der Waals surface area contributed by atoms with E-state index in [1.165, 1.54) is 22.2 Å². The van der Waals surface area contributed by atoms with Gasteiger partial charge in [0.1, 0.15) is 17.2 Å². The van der Waals surface area contributed by atoms with Gasteiger partial charge in [-0.1, -0.05) is 6.07 Å². The molecule has 4 aromatic heterocycles. The molecule has 1 amide bonds. The molecule has 0 spiro atoms. The SMILES string of the molecule is Cc1cc(NC(=O)Cn2cnc3scc(-c4cccs4)c3c2=O)n(C2CCS(=O)(=O)C2)n1. The summed E-state index contributed by atoms with van der Waals surface area (Å²) in [6.07, 6.45) is 1.83. The van der Waals surface area contributed by atoms with E-state index in [1.54, 1.807) is 29.0 Å². The summed E-state index contributed by atoms with van der Waals surface area (Å²) in [5, 5.41) is 11.5. The van der Waals surface area contributed by atoms with Crippen LogP contribution < -0.4 is 10.9 Å². The number of nitrogens with zero attached hydrogens (tertiary/aromatic N) is 4. The molecule has 0 aromatic carbocycles. The number of amides is 1. The highest BCUT2D eigenvalue weighted by molar-refractivity contribution is 7.91. The molecule has 0 saturated carbocycles. The summed E-state index contributed by atoms with van der Waals surface area (Å²) in [6, 6.07) is 5.25. The van der Waals surface area contributed by atoms with Crippen molar-refractivity contribution < 1.29 is 13.2 Å². The summed E-state index contributed by atoms with van der Waals surface area (Å²) in [4.78, 5) is 31.8. The Balaban J connectivity index is 1.40. The van der Waals surface area contributed by atoms with E-state index in [2.05, 4.69) is 15.4 Å². The highest BCUT2D eigenvalue weighted by Gasteiger charge is 2.31. The number of aromatic nitrogens is 4. The molecule has 1 atom stereocenters. The summed E-state index contributed by atoms with van der Waals surface area (Å²) in [6.45, 7) is 1.56. The van der Waals surface area contributed by atoms with Crippen molar-refractivity contribution in [2.75, 3.05) is 16.8 Å². The Labute approximate surface area is 191 Å². The van der Waals surface area contributed by atoms with Gasteiger partial charge in [0.15, 0.2) is 9.84 Å². The molecule has 32 heavy (non-hydrogen) atoms. The molecule has 1 aliphatic rings. The Morgan fingerprint density at radius 2 is 2.19 bits per heavy atom. The first-order valence-corrected chi connectivity index (χ1v) is 13.5. The maximum absolute atomic E-state index is 13.1. The average molecular weight is 490 g/mol. The van der Waals surface area contributed by atoms with Gasteiger partial charge in [0.05, 0.1) is 35.0 Å². The van der Waals surface area contributed by atoms with Gasteiger partial charge in [-0.15, -0.1) is 22.7 Å². The van der Waals surface area contributed by atoms with Crippen LogP contribution in [0, 0.1) is 6.92 Å². The van der Waals surface area contributed by atoms with Crippen molar-refractivity contribution in [1.82, 2.24) is 19.3 Å². The van der Waals surface area contributed by atoms with Crippen LogP contribution in [-0.4, -0.2) is 45.2 Å². The monoisotopic (exact) mass is 489 g/mol. The lowest BCUT2D eigenvalue weighted by Crippen LogP contribution is -2.29. The van der Waals surface area contributed by atoms with Crippen LogP contribution >= 0.6 is 22.7 Å². The van der Waals surface area contributed by atoms with Crippen molar-refractivity contribution in [2.24, 2.45) is 0 Å². The summed E-state index contributed by atoms with van der Waals surface area (Å²) >= 11 is 2.94.